The number of nitrogens with zero attached hydrogens (tertiary/aromatic N) is 2. The number of carbonyl (C=O) groups is 1. The number of ether oxygens (including phenoxy) is 1. The average molecular weight is 379 g/mol. The third-order valence-electron chi connectivity index (χ3n) is 4.57. The van der Waals surface area contributed by atoms with E-state index >= 15 is 0 Å². The third kappa shape index (κ3) is 4.23. The van der Waals surface area contributed by atoms with Crippen LogP contribution in [0.25, 0.3) is 0 Å². The van der Waals surface area contributed by atoms with Crippen LogP contribution in [0.3, 0.4) is 0 Å². The maximum absolute atomic E-state index is 12.5. The lowest BCUT2D eigenvalue weighted by molar-refractivity contribution is 0.0546. The lowest BCUT2D eigenvalue weighted by atomic mass is 9.92. The molecular weight excluding hydrogens is 356 g/mol. The number of benzene rings is 1. The largest absolute Gasteiger partial charge is 0.381 e. The van der Waals surface area contributed by atoms with Crippen molar-refractivity contribution < 1.29 is 14.1 Å². The Morgan fingerprint density at radius 1 is 1.38 bits per heavy atom. The topological polar surface area (TPSA) is 103 Å². The molecular formula is C18H23ClN4O3. The molecule has 1 aliphatic rings. The molecule has 0 unspecified atom stereocenters. The van der Waals surface area contributed by atoms with Crippen LogP contribution in [0.5, 0.6) is 0 Å². The summed E-state index contributed by atoms with van der Waals surface area (Å²) in [7, 11) is 0. The summed E-state index contributed by atoms with van der Waals surface area (Å²) >= 11 is 5.95. The smallest absolute Gasteiger partial charge is 0.252 e. The molecule has 2 heterocycles. The predicted molar refractivity (Wildman–Crippen MR) is 96.7 cm³/mol. The highest BCUT2D eigenvalue weighted by molar-refractivity contribution is 6.30. The molecule has 1 saturated heterocycles. The Bertz CT molecular complexity index is 771. The van der Waals surface area contributed by atoms with Gasteiger partial charge in [-0.25, -0.2) is 0 Å². The van der Waals surface area contributed by atoms with Crippen molar-refractivity contribution in [3.05, 3.63) is 46.6 Å². The van der Waals surface area contributed by atoms with Gasteiger partial charge < -0.3 is 20.3 Å². The van der Waals surface area contributed by atoms with E-state index in [-0.39, 0.29) is 17.9 Å². The van der Waals surface area contributed by atoms with Crippen molar-refractivity contribution >= 4 is 17.5 Å². The highest BCUT2D eigenvalue weighted by Crippen LogP contribution is 2.28. The fourth-order valence-electron chi connectivity index (χ4n) is 2.94. The lowest BCUT2D eigenvalue weighted by Gasteiger charge is -2.25. The van der Waals surface area contributed by atoms with Crippen LogP contribution in [-0.2, 0) is 10.3 Å². The Balaban J connectivity index is 1.71. The first kappa shape index (κ1) is 18.8. The quantitative estimate of drug-likeness (QED) is 0.829. The number of amides is 1. The summed E-state index contributed by atoms with van der Waals surface area (Å²) in [6.07, 6.45) is 1.74. The molecule has 7 nitrogen and oxygen atoms in total. The maximum atomic E-state index is 12.5. The molecule has 1 atom stereocenters. The number of hydrogen-bond donors (Lipinski definition) is 2. The third-order valence-corrected chi connectivity index (χ3v) is 4.81. The van der Waals surface area contributed by atoms with E-state index in [1.54, 1.807) is 24.3 Å². The van der Waals surface area contributed by atoms with Crippen molar-refractivity contribution in [3.63, 3.8) is 0 Å². The molecule has 0 aliphatic carbocycles. The second-order valence-electron chi connectivity index (χ2n) is 7.02. The molecule has 2 aromatic rings. The normalized spacial score (nSPS) is 17.1. The lowest BCUT2D eigenvalue weighted by Crippen LogP contribution is -2.42. The molecule has 140 valence electrons. The molecule has 1 aliphatic heterocycles. The van der Waals surface area contributed by atoms with Gasteiger partial charge in [0.2, 0.25) is 5.89 Å². The Kier molecular flexibility index (Phi) is 5.60. The number of aromatic nitrogens is 2. The Morgan fingerprint density at radius 2 is 2.12 bits per heavy atom. The van der Waals surface area contributed by atoms with Crippen LogP contribution in [0.1, 0.15) is 54.8 Å². The van der Waals surface area contributed by atoms with Gasteiger partial charge in [-0.3, -0.25) is 4.79 Å². The highest BCUT2D eigenvalue weighted by Gasteiger charge is 2.32. The van der Waals surface area contributed by atoms with Crippen molar-refractivity contribution in [2.45, 2.75) is 38.3 Å². The van der Waals surface area contributed by atoms with Crippen LogP contribution in [0.4, 0.5) is 0 Å². The van der Waals surface area contributed by atoms with Gasteiger partial charge in [-0.05, 0) is 50.8 Å². The summed E-state index contributed by atoms with van der Waals surface area (Å²) in [5.41, 5.74) is 5.92. The van der Waals surface area contributed by atoms with E-state index in [1.807, 2.05) is 13.8 Å². The summed E-state index contributed by atoms with van der Waals surface area (Å²) in [5, 5.41) is 7.43. The fraction of sp³-hybridized carbons (Fsp3) is 0.500. The van der Waals surface area contributed by atoms with Crippen molar-refractivity contribution in [1.29, 1.82) is 0 Å². The van der Waals surface area contributed by atoms with Crippen LogP contribution >= 0.6 is 11.6 Å². The number of rotatable bonds is 5. The summed E-state index contributed by atoms with van der Waals surface area (Å²) in [4.78, 5) is 16.9. The van der Waals surface area contributed by atoms with Crippen molar-refractivity contribution in [1.82, 2.24) is 15.5 Å². The van der Waals surface area contributed by atoms with Crippen molar-refractivity contribution in [2.24, 2.45) is 11.7 Å². The van der Waals surface area contributed by atoms with Gasteiger partial charge in [0.25, 0.3) is 5.91 Å². The second kappa shape index (κ2) is 7.73. The molecule has 3 N–H and O–H groups in total. The van der Waals surface area contributed by atoms with Crippen LogP contribution in [0.2, 0.25) is 5.02 Å². The van der Waals surface area contributed by atoms with E-state index in [4.69, 9.17) is 26.6 Å². The van der Waals surface area contributed by atoms with Crippen LogP contribution in [0.15, 0.2) is 28.8 Å². The highest BCUT2D eigenvalue weighted by atomic mass is 35.5. The van der Waals surface area contributed by atoms with E-state index in [1.165, 1.54) is 0 Å². The fourth-order valence-corrected chi connectivity index (χ4v) is 3.13. The van der Waals surface area contributed by atoms with Crippen LogP contribution in [0, 0.1) is 5.92 Å². The van der Waals surface area contributed by atoms with E-state index < -0.39 is 5.54 Å². The molecule has 0 bridgehead atoms. The number of halogens is 1. The molecule has 26 heavy (non-hydrogen) atoms. The second-order valence-corrected chi connectivity index (χ2v) is 7.46. The number of carbonyl (C=O) groups excluding carboxylic acids is 1. The average Bonchev–Trinajstić information content (AvgIpc) is 3.12. The molecule has 1 amide bonds. The molecule has 1 aromatic carbocycles. The van der Waals surface area contributed by atoms with Crippen molar-refractivity contribution in [2.75, 3.05) is 13.2 Å². The minimum atomic E-state index is -0.823. The van der Waals surface area contributed by atoms with E-state index in [2.05, 4.69) is 15.5 Å². The molecule has 0 spiro atoms. The monoisotopic (exact) mass is 378 g/mol. The number of hydrogen-bond acceptors (Lipinski definition) is 6. The first-order valence-corrected chi connectivity index (χ1v) is 9.00. The van der Waals surface area contributed by atoms with Gasteiger partial charge in [0.1, 0.15) is 0 Å². The molecule has 1 fully saturated rings. The van der Waals surface area contributed by atoms with E-state index in [0.717, 1.165) is 12.8 Å². The van der Waals surface area contributed by atoms with Crippen LogP contribution in [-0.4, -0.2) is 29.3 Å². The van der Waals surface area contributed by atoms with Gasteiger partial charge in [0.15, 0.2) is 5.82 Å². The maximum Gasteiger partial charge on any atom is 0.252 e. The summed E-state index contributed by atoms with van der Waals surface area (Å²) in [6, 6.07) is 6.41. The first-order chi connectivity index (χ1) is 12.4. The Morgan fingerprint density at radius 3 is 2.81 bits per heavy atom. The van der Waals surface area contributed by atoms with Gasteiger partial charge >= 0.3 is 0 Å². The predicted octanol–water partition coefficient (Wildman–Crippen LogP) is 2.81. The zero-order chi connectivity index (χ0) is 18.7. The molecule has 8 heteroatoms. The van der Waals surface area contributed by atoms with E-state index in [0.29, 0.717) is 35.5 Å². The molecule has 0 radical (unpaired) electrons. The summed E-state index contributed by atoms with van der Waals surface area (Å²) in [5.74, 6) is 0.751. The number of nitrogens with one attached hydrogen (secondary N) is 1. The van der Waals surface area contributed by atoms with Gasteiger partial charge in [0, 0.05) is 23.8 Å². The summed E-state index contributed by atoms with van der Waals surface area (Å²) < 4.78 is 10.7. The summed E-state index contributed by atoms with van der Waals surface area (Å²) in [6.45, 7) is 5.01. The Hall–Kier alpha value is -1.96. The Labute approximate surface area is 157 Å². The van der Waals surface area contributed by atoms with Gasteiger partial charge in [-0.2, -0.15) is 4.98 Å². The van der Waals surface area contributed by atoms with Crippen LogP contribution < -0.4 is 11.1 Å². The number of nitrogens with two attached hydrogens (primary N) is 1. The first-order valence-electron chi connectivity index (χ1n) is 8.62. The molecule has 1 aromatic heterocycles. The van der Waals surface area contributed by atoms with Crippen molar-refractivity contribution in [3.8, 4) is 0 Å². The zero-order valence-electron chi connectivity index (χ0n) is 14.9. The SMILES string of the molecule is CC(C)(NC(=O)c1cccc(Cl)c1)c1noc([C@H](N)C2CCOCC2)n1. The van der Waals surface area contributed by atoms with Gasteiger partial charge in [-0.1, -0.05) is 22.8 Å². The van der Waals surface area contributed by atoms with Gasteiger partial charge in [-0.15, -0.1) is 0 Å². The zero-order valence-corrected chi connectivity index (χ0v) is 15.6. The standard InChI is InChI=1S/C18H23ClN4O3/c1-18(2,22-15(24)12-4-3-5-13(19)10-12)17-21-16(26-23-17)14(20)11-6-8-25-9-7-11/h3-5,10-11,14H,6-9,20H2,1-2H3,(H,22,24)/t14-/m1/s1. The van der Waals surface area contributed by atoms with E-state index in [9.17, 15) is 4.79 Å². The molecule has 0 saturated carbocycles. The minimum Gasteiger partial charge on any atom is -0.381 e. The molecule has 3 rings (SSSR count). The minimum absolute atomic E-state index is 0.251. The van der Waals surface area contributed by atoms with Gasteiger partial charge in [0.05, 0.1) is 11.6 Å².